The van der Waals surface area contributed by atoms with Crippen molar-refractivity contribution in [2.45, 2.75) is 78.2 Å². The van der Waals surface area contributed by atoms with Gasteiger partial charge in [0.1, 0.15) is 12.4 Å². The number of benzene rings is 5. The van der Waals surface area contributed by atoms with Gasteiger partial charge in [-0.2, -0.15) is 0 Å². The molecule has 5 aromatic rings. The van der Waals surface area contributed by atoms with Crippen LogP contribution in [-0.4, -0.2) is 0 Å². The molecular formula is C42H48OP2. The van der Waals surface area contributed by atoms with E-state index in [2.05, 4.69) is 170 Å². The van der Waals surface area contributed by atoms with Gasteiger partial charge in [0.25, 0.3) is 0 Å². The van der Waals surface area contributed by atoms with E-state index in [-0.39, 0.29) is 10.6 Å². The molecule has 45 heavy (non-hydrogen) atoms. The first-order valence-corrected chi connectivity index (χ1v) is 18.7. The van der Waals surface area contributed by atoms with Crippen molar-refractivity contribution in [2.75, 3.05) is 0 Å². The normalized spacial score (nSPS) is 13.3. The maximum atomic E-state index is 6.76. The van der Waals surface area contributed by atoms with Crippen LogP contribution in [0.1, 0.15) is 74.4 Å². The van der Waals surface area contributed by atoms with E-state index in [0.717, 1.165) is 18.3 Å². The average molecular weight is 631 g/mol. The van der Waals surface area contributed by atoms with Crippen molar-refractivity contribution in [3.63, 3.8) is 0 Å². The molecule has 5 rings (SSSR count). The highest BCUT2D eigenvalue weighted by Gasteiger charge is 2.33. The molecule has 1 nitrogen and oxygen atoms in total. The first-order chi connectivity index (χ1) is 21.6. The summed E-state index contributed by atoms with van der Waals surface area (Å²) >= 11 is 0. The summed E-state index contributed by atoms with van der Waals surface area (Å²) in [6.45, 7) is 16.9. The van der Waals surface area contributed by atoms with Gasteiger partial charge in [0, 0.05) is 16.9 Å². The lowest BCUT2D eigenvalue weighted by Gasteiger charge is -2.35. The standard InChI is InChI=1S/C42H48OP2/c1-8-42(7,38-28-35(41(4,5)6)27-32(3)39(38)43-29-33-20-12-9-13-21-33)44-40-31(2)19-18-22-34(40)30-45(36-23-14-10-15-24-36)37-25-16-11-17-26-37/h9-28,44H,8,29-30H2,1-7H3. The molecular weight excluding hydrogens is 582 g/mol. The zero-order chi connectivity index (χ0) is 32.0. The van der Waals surface area contributed by atoms with Crippen LogP contribution in [0.4, 0.5) is 0 Å². The van der Waals surface area contributed by atoms with E-state index in [4.69, 9.17) is 4.74 Å². The van der Waals surface area contributed by atoms with Crippen molar-refractivity contribution in [1.82, 2.24) is 0 Å². The highest BCUT2D eigenvalue weighted by atomic mass is 31.1. The van der Waals surface area contributed by atoms with Gasteiger partial charge in [-0.3, -0.25) is 0 Å². The van der Waals surface area contributed by atoms with Crippen LogP contribution in [0.3, 0.4) is 0 Å². The molecule has 2 unspecified atom stereocenters. The Balaban J connectivity index is 1.58. The quantitative estimate of drug-likeness (QED) is 0.132. The van der Waals surface area contributed by atoms with Crippen molar-refractivity contribution in [3.05, 3.63) is 155 Å². The van der Waals surface area contributed by atoms with Crippen LogP contribution in [0.2, 0.25) is 0 Å². The third-order valence-corrected chi connectivity index (χ3v) is 13.5. The predicted molar refractivity (Wildman–Crippen MR) is 200 cm³/mol. The Bertz CT molecular complexity index is 1650. The molecule has 3 heteroatoms. The first kappa shape index (κ1) is 33.1. The van der Waals surface area contributed by atoms with E-state index in [0.29, 0.717) is 15.2 Å². The van der Waals surface area contributed by atoms with Crippen LogP contribution < -0.4 is 20.7 Å². The van der Waals surface area contributed by atoms with Crippen LogP contribution >= 0.6 is 16.5 Å². The van der Waals surface area contributed by atoms with Gasteiger partial charge in [0.15, 0.2) is 0 Å². The molecule has 0 N–H and O–H groups in total. The Morgan fingerprint density at radius 3 is 1.80 bits per heavy atom. The maximum Gasteiger partial charge on any atom is 0.126 e. The van der Waals surface area contributed by atoms with Gasteiger partial charge in [-0.15, -0.1) is 0 Å². The second-order valence-electron chi connectivity index (χ2n) is 13.4. The summed E-state index contributed by atoms with van der Waals surface area (Å²) < 4.78 is 6.76. The molecule has 2 atom stereocenters. The van der Waals surface area contributed by atoms with Crippen molar-refractivity contribution in [2.24, 2.45) is 0 Å². The van der Waals surface area contributed by atoms with Crippen molar-refractivity contribution in [3.8, 4) is 5.75 Å². The Morgan fingerprint density at radius 2 is 1.24 bits per heavy atom. The molecule has 0 heterocycles. The second kappa shape index (κ2) is 14.5. The molecule has 232 valence electrons. The molecule has 0 bridgehead atoms. The first-order valence-electron chi connectivity index (χ1n) is 16.2. The lowest BCUT2D eigenvalue weighted by molar-refractivity contribution is 0.297. The fourth-order valence-electron chi connectivity index (χ4n) is 5.92. The van der Waals surface area contributed by atoms with Gasteiger partial charge in [0.05, 0.1) is 0 Å². The molecule has 0 saturated carbocycles. The summed E-state index contributed by atoms with van der Waals surface area (Å²) in [5.74, 6) is 1.05. The SMILES string of the molecule is CCC(C)(Pc1c(C)cccc1CP(c1ccccc1)c1ccccc1)c1cc(C(C)(C)C)cc(C)c1OCc1ccccc1. The van der Waals surface area contributed by atoms with Crippen LogP contribution in [-0.2, 0) is 23.3 Å². The van der Waals surface area contributed by atoms with Gasteiger partial charge in [-0.1, -0.05) is 165 Å². The third kappa shape index (κ3) is 7.95. The summed E-state index contributed by atoms with van der Waals surface area (Å²) in [6, 6.07) is 44.5. The number of ether oxygens (including phenoxy) is 1. The van der Waals surface area contributed by atoms with E-state index in [9.17, 15) is 0 Å². The van der Waals surface area contributed by atoms with Gasteiger partial charge < -0.3 is 4.74 Å². The Hall–Kier alpha value is -3.24. The topological polar surface area (TPSA) is 9.23 Å². The molecule has 0 amide bonds. The fourth-order valence-corrected chi connectivity index (χ4v) is 10.1. The summed E-state index contributed by atoms with van der Waals surface area (Å²) in [5, 5.41) is 4.28. The van der Waals surface area contributed by atoms with Gasteiger partial charge in [-0.25, -0.2) is 0 Å². The smallest absolute Gasteiger partial charge is 0.126 e. The van der Waals surface area contributed by atoms with Gasteiger partial charge in [0.2, 0.25) is 0 Å². The number of hydrogen-bond acceptors (Lipinski definition) is 1. The largest absolute Gasteiger partial charge is 0.488 e. The van der Waals surface area contributed by atoms with Gasteiger partial charge >= 0.3 is 0 Å². The third-order valence-electron chi connectivity index (χ3n) is 8.89. The number of aryl methyl sites for hydroxylation is 2. The molecule has 0 spiro atoms. The molecule has 0 aromatic heterocycles. The molecule has 0 radical (unpaired) electrons. The highest BCUT2D eigenvalue weighted by molar-refractivity contribution is 7.72. The average Bonchev–Trinajstić information content (AvgIpc) is 3.05. The summed E-state index contributed by atoms with van der Waals surface area (Å²) in [5.41, 5.74) is 8.03. The lowest BCUT2D eigenvalue weighted by Crippen LogP contribution is -2.24. The van der Waals surface area contributed by atoms with Crippen LogP contribution in [0.25, 0.3) is 0 Å². The summed E-state index contributed by atoms with van der Waals surface area (Å²) in [4.78, 5) is 0. The Labute approximate surface area is 275 Å². The van der Waals surface area contributed by atoms with E-state index in [1.807, 2.05) is 0 Å². The minimum Gasteiger partial charge on any atom is -0.488 e. The van der Waals surface area contributed by atoms with E-state index in [1.165, 1.54) is 49.3 Å². The summed E-state index contributed by atoms with van der Waals surface area (Å²) in [7, 11) is 0.0728. The predicted octanol–water partition coefficient (Wildman–Crippen LogP) is 10.4. The monoisotopic (exact) mass is 630 g/mol. The molecule has 0 aliphatic carbocycles. The van der Waals surface area contributed by atoms with E-state index >= 15 is 0 Å². The van der Waals surface area contributed by atoms with Crippen molar-refractivity contribution >= 4 is 32.4 Å². The zero-order valence-electron chi connectivity index (χ0n) is 28.0. The van der Waals surface area contributed by atoms with Crippen LogP contribution in [0.15, 0.2) is 121 Å². The Kier molecular flexibility index (Phi) is 10.6. The maximum absolute atomic E-state index is 6.76. The minimum atomic E-state index is -0.540. The van der Waals surface area contributed by atoms with Crippen LogP contribution in [0, 0.1) is 13.8 Å². The van der Waals surface area contributed by atoms with E-state index in [1.54, 1.807) is 0 Å². The molecule has 0 saturated heterocycles. The highest BCUT2D eigenvalue weighted by Crippen LogP contribution is 2.51. The molecule has 0 fully saturated rings. The second-order valence-corrected chi connectivity index (χ2v) is 17.4. The van der Waals surface area contributed by atoms with Crippen LogP contribution in [0.5, 0.6) is 5.75 Å². The van der Waals surface area contributed by atoms with Crippen molar-refractivity contribution in [1.29, 1.82) is 0 Å². The Morgan fingerprint density at radius 1 is 0.667 bits per heavy atom. The summed E-state index contributed by atoms with van der Waals surface area (Å²) in [6.07, 6.45) is 2.06. The molecule has 0 aliphatic heterocycles. The van der Waals surface area contributed by atoms with Crippen molar-refractivity contribution < 1.29 is 4.74 Å². The zero-order valence-corrected chi connectivity index (χ0v) is 29.9. The number of hydrogen-bond donors (Lipinski definition) is 0. The van der Waals surface area contributed by atoms with Gasteiger partial charge in [-0.05, 0) is 77.3 Å². The molecule has 5 aromatic carbocycles. The van der Waals surface area contributed by atoms with E-state index < -0.39 is 7.92 Å². The minimum absolute atomic E-state index is 0.0459. The molecule has 0 aliphatic rings. The fraction of sp³-hybridized carbons (Fsp3) is 0.286. The number of rotatable bonds is 11. The lowest BCUT2D eigenvalue weighted by atomic mass is 9.82.